The number of rotatable bonds is 8. The van der Waals surface area contributed by atoms with Crippen LogP contribution in [0.2, 0.25) is 0 Å². The molecule has 0 aliphatic carbocycles. The molecular formula is C21H27NO6S. The van der Waals surface area contributed by atoms with Gasteiger partial charge in [-0.15, -0.1) is 11.3 Å². The van der Waals surface area contributed by atoms with Crippen LogP contribution in [0.3, 0.4) is 0 Å². The number of hydrogen-bond acceptors (Lipinski definition) is 7. The molecule has 1 amide bonds. The minimum Gasteiger partial charge on any atom is -0.493 e. The molecule has 0 bridgehead atoms. The number of aryl methyl sites for hydroxylation is 1. The summed E-state index contributed by atoms with van der Waals surface area (Å²) in [5.41, 5.74) is 1.59. The molecule has 0 fully saturated rings. The molecule has 0 saturated carbocycles. The summed E-state index contributed by atoms with van der Waals surface area (Å²) < 4.78 is 21.3. The lowest BCUT2D eigenvalue weighted by molar-refractivity contribution is 0.0378. The molecule has 8 heteroatoms. The van der Waals surface area contributed by atoms with Gasteiger partial charge in [-0.25, -0.2) is 4.79 Å². The van der Waals surface area contributed by atoms with Crippen molar-refractivity contribution >= 4 is 28.2 Å². The van der Waals surface area contributed by atoms with Gasteiger partial charge >= 0.3 is 5.97 Å². The van der Waals surface area contributed by atoms with E-state index in [2.05, 4.69) is 5.32 Å². The Morgan fingerprint density at radius 3 is 2.10 bits per heavy atom. The number of anilines is 1. The van der Waals surface area contributed by atoms with Gasteiger partial charge in [-0.3, -0.25) is 4.79 Å². The molecule has 29 heavy (non-hydrogen) atoms. The molecule has 7 nitrogen and oxygen atoms in total. The Labute approximate surface area is 174 Å². The molecule has 2 aromatic rings. The number of nitrogens with one attached hydrogen (secondary N) is 1. The first-order chi connectivity index (χ1) is 13.8. The van der Waals surface area contributed by atoms with Gasteiger partial charge in [0.2, 0.25) is 5.75 Å². The van der Waals surface area contributed by atoms with Crippen LogP contribution in [0, 0.1) is 6.92 Å². The highest BCUT2D eigenvalue weighted by atomic mass is 32.1. The summed E-state index contributed by atoms with van der Waals surface area (Å²) in [7, 11) is 4.46. The molecule has 1 aromatic heterocycles. The van der Waals surface area contributed by atoms with E-state index in [1.165, 1.54) is 32.7 Å². The van der Waals surface area contributed by atoms with Crippen molar-refractivity contribution in [3.05, 3.63) is 33.7 Å². The van der Waals surface area contributed by atoms with Crippen LogP contribution in [-0.2, 0) is 11.2 Å². The van der Waals surface area contributed by atoms with Gasteiger partial charge in [0.15, 0.2) is 11.5 Å². The highest BCUT2D eigenvalue weighted by Crippen LogP contribution is 2.39. The van der Waals surface area contributed by atoms with Gasteiger partial charge in [0.05, 0.1) is 33.0 Å². The number of ether oxygens (including phenoxy) is 4. The zero-order chi connectivity index (χ0) is 21.7. The lowest BCUT2D eigenvalue weighted by Crippen LogP contribution is -2.17. The standard InChI is InChI=1S/C21H27NO6S/c1-8-14-12(4)29-20(17(14)21(24)28-11(2)3)22-19(23)13-9-15(25-5)18(27-7)16(10-13)26-6/h9-11H,8H2,1-7H3,(H,22,23). The molecule has 158 valence electrons. The minimum atomic E-state index is -0.443. The largest absolute Gasteiger partial charge is 0.493 e. The highest BCUT2D eigenvalue weighted by molar-refractivity contribution is 7.16. The molecule has 1 N–H and O–H groups in total. The van der Waals surface area contributed by atoms with Crippen LogP contribution in [0.25, 0.3) is 0 Å². The molecule has 0 atom stereocenters. The van der Waals surface area contributed by atoms with E-state index in [1.807, 2.05) is 13.8 Å². The number of thiophene rings is 1. The van der Waals surface area contributed by atoms with E-state index in [0.717, 1.165) is 10.4 Å². The van der Waals surface area contributed by atoms with E-state index in [0.29, 0.717) is 39.8 Å². The Morgan fingerprint density at radius 1 is 1.07 bits per heavy atom. The average Bonchev–Trinajstić information content (AvgIpc) is 3.00. The predicted molar refractivity (Wildman–Crippen MR) is 113 cm³/mol. The quantitative estimate of drug-likeness (QED) is 0.634. The second kappa shape index (κ2) is 9.65. The maximum atomic E-state index is 12.9. The van der Waals surface area contributed by atoms with Crippen molar-refractivity contribution in [1.29, 1.82) is 0 Å². The van der Waals surface area contributed by atoms with E-state index < -0.39 is 11.9 Å². The van der Waals surface area contributed by atoms with Crippen LogP contribution >= 0.6 is 11.3 Å². The maximum absolute atomic E-state index is 12.9. The van der Waals surface area contributed by atoms with Crippen molar-refractivity contribution in [2.45, 2.75) is 40.2 Å². The summed E-state index contributed by atoms with van der Waals surface area (Å²) in [6.45, 7) is 7.46. The lowest BCUT2D eigenvalue weighted by Gasteiger charge is -2.14. The predicted octanol–water partition coefficient (Wildman–Crippen LogP) is 4.46. The third-order valence-electron chi connectivity index (χ3n) is 4.26. The number of benzene rings is 1. The minimum absolute atomic E-state index is 0.258. The number of amides is 1. The molecule has 2 rings (SSSR count). The van der Waals surface area contributed by atoms with Crippen molar-refractivity contribution in [1.82, 2.24) is 0 Å². The Balaban J connectivity index is 2.44. The molecule has 0 aliphatic heterocycles. The molecule has 0 radical (unpaired) electrons. The number of hydrogen-bond donors (Lipinski definition) is 1. The molecule has 0 spiro atoms. The molecule has 0 saturated heterocycles. The summed E-state index contributed by atoms with van der Waals surface area (Å²) in [5, 5.41) is 3.31. The SMILES string of the molecule is CCc1c(C)sc(NC(=O)c2cc(OC)c(OC)c(OC)c2)c1C(=O)OC(C)C. The van der Waals surface area contributed by atoms with E-state index in [9.17, 15) is 9.59 Å². The van der Waals surface area contributed by atoms with E-state index in [-0.39, 0.29) is 6.10 Å². The van der Waals surface area contributed by atoms with Crippen LogP contribution < -0.4 is 19.5 Å². The van der Waals surface area contributed by atoms with Gasteiger partial charge in [-0.2, -0.15) is 0 Å². The molecular weight excluding hydrogens is 394 g/mol. The second-order valence-electron chi connectivity index (χ2n) is 6.52. The average molecular weight is 422 g/mol. The third kappa shape index (κ3) is 4.82. The lowest BCUT2D eigenvalue weighted by atomic mass is 10.1. The fourth-order valence-corrected chi connectivity index (χ4v) is 4.10. The topological polar surface area (TPSA) is 83.1 Å². The van der Waals surface area contributed by atoms with Gasteiger partial charge in [0, 0.05) is 10.4 Å². The Kier molecular flexibility index (Phi) is 7.50. The molecule has 0 unspecified atom stereocenters. The summed E-state index contributed by atoms with van der Waals surface area (Å²) in [4.78, 5) is 26.6. The normalized spacial score (nSPS) is 10.6. The van der Waals surface area contributed by atoms with Crippen molar-refractivity contribution in [2.24, 2.45) is 0 Å². The zero-order valence-electron chi connectivity index (χ0n) is 17.8. The van der Waals surface area contributed by atoms with Gasteiger partial charge < -0.3 is 24.3 Å². The number of methoxy groups -OCH3 is 3. The van der Waals surface area contributed by atoms with Gasteiger partial charge in [-0.1, -0.05) is 6.92 Å². The highest BCUT2D eigenvalue weighted by Gasteiger charge is 2.25. The Morgan fingerprint density at radius 2 is 1.66 bits per heavy atom. The smallest absolute Gasteiger partial charge is 0.341 e. The third-order valence-corrected chi connectivity index (χ3v) is 5.33. The number of carbonyl (C=O) groups is 2. The van der Waals surface area contributed by atoms with Gasteiger partial charge in [0.25, 0.3) is 5.91 Å². The summed E-state index contributed by atoms with van der Waals surface area (Å²) >= 11 is 1.35. The van der Waals surface area contributed by atoms with Crippen molar-refractivity contribution in [2.75, 3.05) is 26.6 Å². The van der Waals surface area contributed by atoms with Crippen molar-refractivity contribution < 1.29 is 28.5 Å². The first-order valence-electron chi connectivity index (χ1n) is 9.21. The van der Waals surface area contributed by atoms with Gasteiger partial charge in [0.1, 0.15) is 5.00 Å². The fourth-order valence-electron chi connectivity index (χ4n) is 2.97. The summed E-state index contributed by atoms with van der Waals surface area (Å²) in [5.74, 6) is 0.294. The fraction of sp³-hybridized carbons (Fsp3) is 0.429. The monoisotopic (exact) mass is 421 g/mol. The van der Waals surface area contributed by atoms with Crippen LogP contribution in [0.15, 0.2) is 12.1 Å². The van der Waals surface area contributed by atoms with E-state index in [1.54, 1.807) is 26.0 Å². The first kappa shape index (κ1) is 22.5. The number of esters is 1. The van der Waals surface area contributed by atoms with Crippen LogP contribution in [0.5, 0.6) is 17.2 Å². The number of carbonyl (C=O) groups excluding carboxylic acids is 2. The first-order valence-corrected chi connectivity index (χ1v) is 10.0. The van der Waals surface area contributed by atoms with Gasteiger partial charge in [-0.05, 0) is 44.9 Å². The summed E-state index contributed by atoms with van der Waals surface area (Å²) in [6, 6.07) is 3.12. The zero-order valence-corrected chi connectivity index (χ0v) is 18.6. The van der Waals surface area contributed by atoms with Crippen molar-refractivity contribution in [3.8, 4) is 17.2 Å². The van der Waals surface area contributed by atoms with Crippen LogP contribution in [0.1, 0.15) is 51.9 Å². The molecule has 1 heterocycles. The van der Waals surface area contributed by atoms with E-state index >= 15 is 0 Å². The molecule has 0 aliphatic rings. The van der Waals surface area contributed by atoms with E-state index in [4.69, 9.17) is 18.9 Å². The molecule has 1 aromatic carbocycles. The van der Waals surface area contributed by atoms with Crippen LogP contribution in [-0.4, -0.2) is 39.3 Å². The Hall–Kier alpha value is -2.74. The Bertz CT molecular complexity index is 878. The maximum Gasteiger partial charge on any atom is 0.341 e. The van der Waals surface area contributed by atoms with Crippen molar-refractivity contribution in [3.63, 3.8) is 0 Å². The summed E-state index contributed by atoms with van der Waals surface area (Å²) in [6.07, 6.45) is 0.399. The second-order valence-corrected chi connectivity index (χ2v) is 7.74. The van der Waals surface area contributed by atoms with Crippen LogP contribution in [0.4, 0.5) is 5.00 Å².